The van der Waals surface area contributed by atoms with Crippen molar-refractivity contribution in [2.75, 3.05) is 0 Å². The molecule has 0 unspecified atom stereocenters. The third-order valence-corrected chi connectivity index (χ3v) is 6.86. The van der Waals surface area contributed by atoms with Gasteiger partial charge in [0.15, 0.2) is 0 Å². The van der Waals surface area contributed by atoms with Crippen LogP contribution in [0.2, 0.25) is 0 Å². The normalized spacial score (nSPS) is 16.1. The molecule has 0 bridgehead atoms. The van der Waals surface area contributed by atoms with Gasteiger partial charge in [-0.05, 0) is 62.3 Å². The van der Waals surface area contributed by atoms with Crippen molar-refractivity contribution in [3.05, 3.63) is 0 Å². The molecule has 0 aliphatic rings. The Morgan fingerprint density at radius 1 is 0.306 bits per heavy atom. The molecule has 0 fully saturated rings. The second-order valence-electron chi connectivity index (χ2n) is 11.7. The van der Waals surface area contributed by atoms with Gasteiger partial charge < -0.3 is 53.6 Å². The Morgan fingerprint density at radius 3 is 0.592 bits per heavy atom. The maximum atomic E-state index is 12.6. The number of primary amides is 1. The van der Waals surface area contributed by atoms with Crippen LogP contribution < -0.4 is 53.6 Å². The zero-order chi connectivity index (χ0) is 38.3. The molecule has 11 N–H and O–H groups in total. The smallest absolute Gasteiger partial charge is 0.242 e. The standard InChI is InChI=1S/C29H50N10O10/c1-11(21(30)41)32-23(43)13(3)34-25(45)15(5)36-27(47)17(7)38-29(49)19(9)39-28(48)18(8)37-26(46)16(6)35-24(44)14(4)33-22(42)12(2)31-20(10)40/h11-19H,1-10H3,(H2,30,41)(H,31,40)(H,32,43)(H,33,42)(H,34,45)(H,35,44)(H,36,47)(H,37,46)(H,38,49)(H,39,48)/t11-,12-,13-,14-,15-,16-,17-,18-,19-/m0/s1. The van der Waals surface area contributed by atoms with E-state index in [-0.39, 0.29) is 0 Å². The van der Waals surface area contributed by atoms with Crippen LogP contribution in [0.3, 0.4) is 0 Å². The fourth-order valence-electron chi connectivity index (χ4n) is 3.61. The van der Waals surface area contributed by atoms with Crippen molar-refractivity contribution in [3.8, 4) is 0 Å². The Morgan fingerprint density at radius 2 is 0.449 bits per heavy atom. The Hall–Kier alpha value is -5.30. The van der Waals surface area contributed by atoms with Gasteiger partial charge in [-0.3, -0.25) is 47.9 Å². The fourth-order valence-corrected chi connectivity index (χ4v) is 3.61. The van der Waals surface area contributed by atoms with Gasteiger partial charge >= 0.3 is 0 Å². The van der Waals surface area contributed by atoms with Crippen LogP contribution >= 0.6 is 0 Å². The molecule has 0 rings (SSSR count). The molecule has 276 valence electrons. The lowest BCUT2D eigenvalue weighted by molar-refractivity contribution is -0.135. The number of hydrogen-bond donors (Lipinski definition) is 10. The summed E-state index contributed by atoms with van der Waals surface area (Å²) in [5, 5.41) is 21.4. The summed E-state index contributed by atoms with van der Waals surface area (Å²) in [6.45, 7) is 13.5. The zero-order valence-electron chi connectivity index (χ0n) is 29.4. The second-order valence-corrected chi connectivity index (χ2v) is 11.7. The lowest BCUT2D eigenvalue weighted by Gasteiger charge is -2.23. The van der Waals surface area contributed by atoms with Crippen molar-refractivity contribution in [3.63, 3.8) is 0 Å². The Labute approximate surface area is 284 Å². The maximum absolute atomic E-state index is 12.6. The number of rotatable bonds is 18. The zero-order valence-corrected chi connectivity index (χ0v) is 29.4. The summed E-state index contributed by atoms with van der Waals surface area (Å²) in [5.41, 5.74) is 5.10. The number of carbonyl (C=O) groups is 10. The van der Waals surface area contributed by atoms with Crippen molar-refractivity contribution in [2.45, 2.75) is 124 Å². The first-order valence-corrected chi connectivity index (χ1v) is 15.5. The van der Waals surface area contributed by atoms with Crippen LogP contribution in [0.4, 0.5) is 0 Å². The van der Waals surface area contributed by atoms with Crippen LogP contribution in [0.5, 0.6) is 0 Å². The number of amides is 10. The molecule has 49 heavy (non-hydrogen) atoms. The lowest BCUT2D eigenvalue weighted by atomic mass is 10.2. The average molecular weight is 699 g/mol. The molecule has 0 aromatic heterocycles. The van der Waals surface area contributed by atoms with Crippen molar-refractivity contribution in [1.82, 2.24) is 47.9 Å². The van der Waals surface area contributed by atoms with Crippen LogP contribution in [0.25, 0.3) is 0 Å². The van der Waals surface area contributed by atoms with Crippen LogP contribution in [0, 0.1) is 0 Å². The van der Waals surface area contributed by atoms with E-state index < -0.39 is 113 Å². The summed E-state index contributed by atoms with van der Waals surface area (Å²) in [4.78, 5) is 122. The highest BCUT2D eigenvalue weighted by molar-refractivity contribution is 5.97. The molecule has 0 aliphatic heterocycles. The van der Waals surface area contributed by atoms with E-state index in [4.69, 9.17) is 5.73 Å². The van der Waals surface area contributed by atoms with Gasteiger partial charge in [-0.2, -0.15) is 0 Å². The van der Waals surface area contributed by atoms with Crippen molar-refractivity contribution in [2.24, 2.45) is 5.73 Å². The van der Waals surface area contributed by atoms with Crippen LogP contribution in [0.1, 0.15) is 69.2 Å². The quantitative estimate of drug-likeness (QED) is 0.0650. The maximum Gasteiger partial charge on any atom is 0.242 e. The number of hydrogen-bond acceptors (Lipinski definition) is 10. The highest BCUT2D eigenvalue weighted by atomic mass is 16.2. The molecule has 20 heteroatoms. The van der Waals surface area contributed by atoms with E-state index in [1.54, 1.807) is 0 Å². The molecule has 0 saturated carbocycles. The van der Waals surface area contributed by atoms with Crippen LogP contribution in [-0.2, 0) is 47.9 Å². The molecule has 10 amide bonds. The summed E-state index contributed by atoms with van der Waals surface area (Å²) < 4.78 is 0. The second kappa shape index (κ2) is 20.2. The minimum absolute atomic E-state index is 0.430. The summed E-state index contributed by atoms with van der Waals surface area (Å²) in [6, 6.07) is -9.66. The Kier molecular flexibility index (Phi) is 18.0. The molecule has 0 aromatic carbocycles. The van der Waals surface area contributed by atoms with Gasteiger partial charge in [0.25, 0.3) is 0 Å². The molecule has 0 saturated heterocycles. The van der Waals surface area contributed by atoms with Gasteiger partial charge in [0, 0.05) is 6.92 Å². The molecule has 0 radical (unpaired) electrons. The van der Waals surface area contributed by atoms with Gasteiger partial charge in [0.05, 0.1) is 0 Å². The largest absolute Gasteiger partial charge is 0.368 e. The average Bonchev–Trinajstić information content (AvgIpc) is 2.99. The summed E-state index contributed by atoms with van der Waals surface area (Å²) in [6.07, 6.45) is 0. The topological polar surface area (TPSA) is 305 Å². The van der Waals surface area contributed by atoms with Gasteiger partial charge in [-0.25, -0.2) is 0 Å². The van der Waals surface area contributed by atoms with Crippen molar-refractivity contribution in [1.29, 1.82) is 0 Å². The van der Waals surface area contributed by atoms with E-state index in [2.05, 4.69) is 47.9 Å². The molecular formula is C29H50N10O10. The lowest BCUT2D eigenvalue weighted by Crippen LogP contribution is -2.58. The van der Waals surface area contributed by atoms with E-state index >= 15 is 0 Å². The third kappa shape index (κ3) is 15.9. The van der Waals surface area contributed by atoms with Gasteiger partial charge in [-0.1, -0.05) is 0 Å². The first kappa shape index (κ1) is 43.7. The predicted octanol–water partition coefficient (Wildman–Crippen LogP) is -4.97. The minimum Gasteiger partial charge on any atom is -0.368 e. The Balaban J connectivity index is 4.84. The minimum atomic E-state index is -1.16. The molecule has 0 aliphatic carbocycles. The van der Waals surface area contributed by atoms with Crippen LogP contribution in [0.15, 0.2) is 0 Å². The number of nitrogens with one attached hydrogen (secondary N) is 9. The van der Waals surface area contributed by atoms with Crippen LogP contribution in [-0.4, -0.2) is 113 Å². The van der Waals surface area contributed by atoms with E-state index in [0.29, 0.717) is 0 Å². The van der Waals surface area contributed by atoms with E-state index in [9.17, 15) is 47.9 Å². The van der Waals surface area contributed by atoms with Gasteiger partial charge in [0.2, 0.25) is 59.1 Å². The summed E-state index contributed by atoms with van der Waals surface area (Å²) in [7, 11) is 0. The SMILES string of the molecule is CC(=O)N[C@@H](C)C(=O)N[C@@H](C)C(=O)N[C@@H](C)C(=O)N[C@@H](C)C(=O)N[C@@H](C)C(=O)N[C@@H](C)C(=O)N[C@@H](C)C(=O)N[C@@H](C)C(=O)N[C@@H](C)C(N)=O. The van der Waals surface area contributed by atoms with Gasteiger partial charge in [0.1, 0.15) is 54.4 Å². The summed E-state index contributed by atoms with van der Waals surface area (Å²) >= 11 is 0. The number of nitrogens with two attached hydrogens (primary N) is 1. The summed E-state index contributed by atoms with van der Waals surface area (Å²) in [5.74, 6) is -6.90. The fraction of sp³-hybridized carbons (Fsp3) is 0.655. The van der Waals surface area contributed by atoms with E-state index in [0.717, 1.165) is 0 Å². The molecule has 0 heterocycles. The molecule has 0 aromatic rings. The van der Waals surface area contributed by atoms with Crippen molar-refractivity contribution >= 4 is 59.1 Å². The highest BCUT2D eigenvalue weighted by Gasteiger charge is 2.28. The molecule has 20 nitrogen and oxygen atoms in total. The third-order valence-electron chi connectivity index (χ3n) is 6.86. The highest BCUT2D eigenvalue weighted by Crippen LogP contribution is 1.96. The van der Waals surface area contributed by atoms with Gasteiger partial charge in [-0.15, -0.1) is 0 Å². The predicted molar refractivity (Wildman–Crippen MR) is 173 cm³/mol. The van der Waals surface area contributed by atoms with E-state index in [1.807, 2.05) is 0 Å². The first-order valence-electron chi connectivity index (χ1n) is 15.5. The molecule has 0 spiro atoms. The number of carbonyl (C=O) groups excluding carboxylic acids is 10. The van der Waals surface area contributed by atoms with Crippen molar-refractivity contribution < 1.29 is 47.9 Å². The molecule has 9 atom stereocenters. The van der Waals surface area contributed by atoms with E-state index in [1.165, 1.54) is 69.2 Å². The monoisotopic (exact) mass is 698 g/mol. The molecular weight excluding hydrogens is 648 g/mol. The first-order chi connectivity index (χ1) is 22.5. The Bertz CT molecular complexity index is 1290.